The zero-order chi connectivity index (χ0) is 9.26. The third-order valence-electron chi connectivity index (χ3n) is 2.25. The number of ketones is 1. The first-order valence-electron chi connectivity index (χ1n) is 4.49. The second-order valence-electron chi connectivity index (χ2n) is 3.36. The molecule has 2 rings (SSSR count). The lowest BCUT2D eigenvalue weighted by Gasteiger charge is -2.08. The van der Waals surface area contributed by atoms with E-state index in [-0.39, 0.29) is 5.78 Å². The smallest absolute Gasteiger partial charge is 0.156 e. The molecule has 0 saturated carbocycles. The van der Waals surface area contributed by atoms with Gasteiger partial charge in [0.2, 0.25) is 0 Å². The van der Waals surface area contributed by atoms with Crippen molar-refractivity contribution in [2.45, 2.75) is 19.3 Å². The lowest BCUT2D eigenvalue weighted by Crippen LogP contribution is -2.02. The minimum atomic E-state index is 0.229. The van der Waals surface area contributed by atoms with Gasteiger partial charge in [-0.1, -0.05) is 0 Å². The van der Waals surface area contributed by atoms with Crippen molar-refractivity contribution >= 4 is 11.4 Å². The number of carbonyl (C=O) groups excluding carboxylic acids is 1. The highest BCUT2D eigenvalue weighted by Crippen LogP contribution is 2.23. The second kappa shape index (κ2) is 3.17. The van der Waals surface area contributed by atoms with Gasteiger partial charge in [0, 0.05) is 19.7 Å². The highest BCUT2D eigenvalue weighted by molar-refractivity contribution is 5.97. The molecule has 0 N–H and O–H groups in total. The number of rotatable bonds is 1. The quantitative estimate of drug-likeness (QED) is 0.650. The van der Waals surface area contributed by atoms with Crippen LogP contribution in [0.1, 0.15) is 25.0 Å². The molecule has 0 saturated heterocycles. The number of nitrogens with zero attached hydrogens (tertiary/aromatic N) is 2. The van der Waals surface area contributed by atoms with E-state index in [1.54, 1.807) is 10.8 Å². The van der Waals surface area contributed by atoms with Crippen LogP contribution in [0.2, 0.25) is 0 Å². The van der Waals surface area contributed by atoms with Crippen molar-refractivity contribution in [2.24, 2.45) is 7.05 Å². The number of aromatic nitrogens is 2. The lowest BCUT2D eigenvalue weighted by atomic mass is 9.97. The van der Waals surface area contributed by atoms with Crippen molar-refractivity contribution in [1.29, 1.82) is 0 Å². The first kappa shape index (κ1) is 8.23. The van der Waals surface area contributed by atoms with E-state index in [1.807, 2.05) is 19.3 Å². The zero-order valence-corrected chi connectivity index (χ0v) is 7.66. The topological polar surface area (TPSA) is 34.9 Å². The number of hydrogen-bond donors (Lipinski definition) is 0. The van der Waals surface area contributed by atoms with E-state index in [9.17, 15) is 4.79 Å². The summed E-state index contributed by atoms with van der Waals surface area (Å²) in [6.45, 7) is 0. The Labute approximate surface area is 77.1 Å². The number of carbonyl (C=O) groups is 1. The van der Waals surface area contributed by atoms with Crippen LogP contribution in [0.4, 0.5) is 0 Å². The summed E-state index contributed by atoms with van der Waals surface area (Å²) in [6, 6.07) is 1.95. The normalized spacial score (nSPS) is 17.3. The molecule has 0 bridgehead atoms. The van der Waals surface area contributed by atoms with Crippen molar-refractivity contribution in [3.63, 3.8) is 0 Å². The van der Waals surface area contributed by atoms with Gasteiger partial charge in [-0.2, -0.15) is 5.10 Å². The molecule has 0 aliphatic heterocycles. The molecular weight excluding hydrogens is 164 g/mol. The van der Waals surface area contributed by atoms with Gasteiger partial charge in [0.05, 0.1) is 5.69 Å². The highest BCUT2D eigenvalue weighted by atomic mass is 16.1. The van der Waals surface area contributed by atoms with Crippen LogP contribution in [0.15, 0.2) is 18.3 Å². The molecular formula is C10H12N2O. The molecule has 0 aromatic carbocycles. The largest absolute Gasteiger partial charge is 0.295 e. The van der Waals surface area contributed by atoms with E-state index in [0.717, 1.165) is 24.1 Å². The maximum absolute atomic E-state index is 11.1. The van der Waals surface area contributed by atoms with E-state index in [4.69, 9.17) is 0 Å². The van der Waals surface area contributed by atoms with Gasteiger partial charge in [-0.3, -0.25) is 9.48 Å². The third-order valence-corrected chi connectivity index (χ3v) is 2.25. The molecule has 0 amide bonds. The Balaban J connectivity index is 2.30. The van der Waals surface area contributed by atoms with Crippen LogP contribution in [-0.2, 0) is 11.8 Å². The third kappa shape index (κ3) is 1.69. The predicted octanol–water partition coefficient (Wildman–Crippen LogP) is 1.56. The lowest BCUT2D eigenvalue weighted by molar-refractivity contribution is -0.114. The van der Waals surface area contributed by atoms with Gasteiger partial charge >= 0.3 is 0 Å². The molecule has 1 aliphatic rings. The fourth-order valence-corrected chi connectivity index (χ4v) is 1.58. The predicted molar refractivity (Wildman–Crippen MR) is 50.0 cm³/mol. The molecule has 1 aromatic rings. The van der Waals surface area contributed by atoms with Crippen LogP contribution in [0.3, 0.4) is 0 Å². The monoisotopic (exact) mass is 176 g/mol. The Morgan fingerprint density at radius 3 is 2.92 bits per heavy atom. The maximum atomic E-state index is 11.1. The fourth-order valence-electron chi connectivity index (χ4n) is 1.58. The molecule has 0 unspecified atom stereocenters. The summed E-state index contributed by atoms with van der Waals surface area (Å²) in [6.07, 6.45) is 6.25. The Morgan fingerprint density at radius 2 is 2.31 bits per heavy atom. The Hall–Kier alpha value is -1.38. The minimum absolute atomic E-state index is 0.229. The average Bonchev–Trinajstić information content (AvgIpc) is 2.52. The molecule has 1 aliphatic carbocycles. The van der Waals surface area contributed by atoms with Crippen LogP contribution in [0.5, 0.6) is 0 Å². The molecule has 68 valence electrons. The van der Waals surface area contributed by atoms with Gasteiger partial charge in [0.25, 0.3) is 0 Å². The Kier molecular flexibility index (Phi) is 2.00. The van der Waals surface area contributed by atoms with Crippen molar-refractivity contribution in [1.82, 2.24) is 9.78 Å². The molecule has 0 spiro atoms. The van der Waals surface area contributed by atoms with Crippen LogP contribution >= 0.6 is 0 Å². The molecule has 13 heavy (non-hydrogen) atoms. The summed E-state index contributed by atoms with van der Waals surface area (Å²) in [7, 11) is 1.88. The number of aryl methyl sites for hydroxylation is 1. The summed E-state index contributed by atoms with van der Waals surface area (Å²) in [5, 5.41) is 4.26. The SMILES string of the molecule is Cn1ccc(C2=CC(=O)CCC2)n1. The van der Waals surface area contributed by atoms with Gasteiger partial charge in [-0.05, 0) is 30.6 Å². The number of hydrogen-bond acceptors (Lipinski definition) is 2. The van der Waals surface area contributed by atoms with E-state index >= 15 is 0 Å². The summed E-state index contributed by atoms with van der Waals surface area (Å²) < 4.78 is 1.76. The van der Waals surface area contributed by atoms with Gasteiger partial charge in [0.1, 0.15) is 0 Å². The van der Waals surface area contributed by atoms with Crippen molar-refractivity contribution in [2.75, 3.05) is 0 Å². The summed E-state index contributed by atoms with van der Waals surface area (Å²) >= 11 is 0. The van der Waals surface area contributed by atoms with Crippen LogP contribution < -0.4 is 0 Å². The first-order chi connectivity index (χ1) is 6.25. The van der Waals surface area contributed by atoms with Gasteiger partial charge in [-0.25, -0.2) is 0 Å². The van der Waals surface area contributed by atoms with E-state index in [0.29, 0.717) is 6.42 Å². The van der Waals surface area contributed by atoms with Crippen molar-refractivity contribution in [3.8, 4) is 0 Å². The molecule has 1 heterocycles. The molecule has 0 radical (unpaired) electrons. The molecule has 0 fully saturated rings. The fraction of sp³-hybridized carbons (Fsp3) is 0.400. The molecule has 3 nitrogen and oxygen atoms in total. The average molecular weight is 176 g/mol. The van der Waals surface area contributed by atoms with E-state index < -0.39 is 0 Å². The number of allylic oxidation sites excluding steroid dienone is 2. The highest BCUT2D eigenvalue weighted by Gasteiger charge is 2.12. The second-order valence-corrected chi connectivity index (χ2v) is 3.36. The maximum Gasteiger partial charge on any atom is 0.156 e. The summed E-state index contributed by atoms with van der Waals surface area (Å²) in [4.78, 5) is 11.1. The minimum Gasteiger partial charge on any atom is -0.295 e. The van der Waals surface area contributed by atoms with Crippen molar-refractivity contribution < 1.29 is 4.79 Å². The van der Waals surface area contributed by atoms with E-state index in [2.05, 4.69) is 5.10 Å². The first-order valence-corrected chi connectivity index (χ1v) is 4.49. The Morgan fingerprint density at radius 1 is 1.46 bits per heavy atom. The summed E-state index contributed by atoms with van der Waals surface area (Å²) in [5.41, 5.74) is 2.02. The van der Waals surface area contributed by atoms with Crippen molar-refractivity contribution in [3.05, 3.63) is 24.0 Å². The summed E-state index contributed by atoms with van der Waals surface area (Å²) in [5.74, 6) is 0.229. The Bertz CT molecular complexity index is 363. The molecule has 3 heteroatoms. The van der Waals surface area contributed by atoms with Crippen LogP contribution in [0.25, 0.3) is 5.57 Å². The molecule has 1 aromatic heterocycles. The van der Waals surface area contributed by atoms with Gasteiger partial charge in [-0.15, -0.1) is 0 Å². The zero-order valence-electron chi connectivity index (χ0n) is 7.66. The standard InChI is InChI=1S/C10H12N2O/c1-12-6-5-10(11-12)8-3-2-4-9(13)7-8/h5-7H,2-4H2,1H3. The van der Waals surface area contributed by atoms with Gasteiger partial charge in [0.15, 0.2) is 5.78 Å². The van der Waals surface area contributed by atoms with E-state index in [1.165, 1.54) is 0 Å². The van der Waals surface area contributed by atoms with Crippen LogP contribution in [0, 0.1) is 0 Å². The van der Waals surface area contributed by atoms with Gasteiger partial charge < -0.3 is 0 Å². The molecule has 0 atom stereocenters. The van der Waals surface area contributed by atoms with Crippen LogP contribution in [-0.4, -0.2) is 15.6 Å².